The third-order valence-electron chi connectivity index (χ3n) is 5.36. The number of rotatable bonds is 7. The minimum atomic E-state index is -5.00. The van der Waals surface area contributed by atoms with Crippen molar-refractivity contribution in [2.24, 2.45) is 5.92 Å². The second kappa shape index (κ2) is 8.11. The van der Waals surface area contributed by atoms with E-state index in [4.69, 9.17) is 8.84 Å². The highest BCUT2D eigenvalue weighted by Gasteiger charge is 2.43. The minimum absolute atomic E-state index is 0.0631. The molecule has 11 heteroatoms. The average molecular weight is 424 g/mol. The van der Waals surface area contributed by atoms with Crippen LogP contribution >= 0.6 is 0 Å². The van der Waals surface area contributed by atoms with Crippen LogP contribution in [0, 0.1) is 5.92 Å². The second-order valence-corrected chi connectivity index (χ2v) is 13.6. The van der Waals surface area contributed by atoms with Crippen LogP contribution in [-0.4, -0.2) is 36.7 Å². The van der Waals surface area contributed by atoms with Crippen LogP contribution < -0.4 is 5.48 Å². The highest BCUT2D eigenvalue weighted by molar-refractivity contribution is 6.74. The number of hydrogen-bond donors (Lipinski definition) is 1. The number of halogens is 3. The van der Waals surface area contributed by atoms with Gasteiger partial charge < -0.3 is 13.7 Å². The molecular formula is C17H28F3N3O4Si. The first kappa shape index (κ1) is 22.8. The van der Waals surface area contributed by atoms with E-state index in [2.05, 4.69) is 54.4 Å². The van der Waals surface area contributed by atoms with Crippen molar-refractivity contribution in [1.82, 2.24) is 15.7 Å². The van der Waals surface area contributed by atoms with Crippen LogP contribution in [0.1, 0.15) is 58.4 Å². The van der Waals surface area contributed by atoms with Crippen LogP contribution in [0.15, 0.2) is 4.42 Å². The number of nitrogens with one attached hydrogen (secondary N) is 1. The van der Waals surface area contributed by atoms with E-state index < -0.39 is 20.5 Å². The van der Waals surface area contributed by atoms with Gasteiger partial charge in [0, 0.05) is 12.5 Å². The maximum absolute atomic E-state index is 12.1. The Hall–Kier alpha value is -1.46. The smallest absolute Gasteiger partial charge is 0.422 e. The van der Waals surface area contributed by atoms with Crippen molar-refractivity contribution in [3.05, 3.63) is 11.8 Å². The summed E-state index contributed by atoms with van der Waals surface area (Å²) in [6.45, 7) is 12.6. The molecule has 1 aliphatic carbocycles. The van der Waals surface area contributed by atoms with Gasteiger partial charge in [-0.2, -0.15) is 13.2 Å². The van der Waals surface area contributed by atoms with E-state index >= 15 is 0 Å². The lowest BCUT2D eigenvalue weighted by Crippen LogP contribution is -2.44. The van der Waals surface area contributed by atoms with Gasteiger partial charge in [-0.1, -0.05) is 20.8 Å². The van der Waals surface area contributed by atoms with Crippen LogP contribution in [0.3, 0.4) is 0 Å². The number of aromatic nitrogens is 2. The molecule has 1 aromatic heterocycles. The molecule has 0 saturated heterocycles. The largest absolute Gasteiger partial charge is 0.492 e. The molecule has 1 fully saturated rings. The second-order valence-electron chi connectivity index (χ2n) is 8.80. The number of carbonyl (C=O) groups excluding carboxylic acids is 1. The van der Waals surface area contributed by atoms with Crippen molar-refractivity contribution in [1.29, 1.82) is 0 Å². The van der Waals surface area contributed by atoms with Gasteiger partial charge in [-0.05, 0) is 43.8 Å². The monoisotopic (exact) mass is 423 g/mol. The zero-order valence-corrected chi connectivity index (χ0v) is 18.0. The molecule has 160 valence electrons. The summed E-state index contributed by atoms with van der Waals surface area (Å²) in [4.78, 5) is 14.7. The molecule has 1 aliphatic rings. The van der Waals surface area contributed by atoms with Crippen LogP contribution in [0.25, 0.3) is 0 Å². The standard InChI is InChI=1S/C17H28F3N3O4Si/c1-10(27-28(5,6)16(2,3)4)14-22-21-13(25-14)9-11-7-12(8-11)23-26-15(24)17(18,19)20/h10-12,23H,7-9H2,1-6H3/t10-,11?,12?/m1/s1. The van der Waals surface area contributed by atoms with Crippen molar-refractivity contribution in [3.63, 3.8) is 0 Å². The molecular weight excluding hydrogens is 395 g/mol. The Morgan fingerprint density at radius 2 is 1.89 bits per heavy atom. The van der Waals surface area contributed by atoms with Gasteiger partial charge in [0.1, 0.15) is 6.10 Å². The first-order valence-corrected chi connectivity index (χ1v) is 12.1. The molecule has 0 spiro atoms. The van der Waals surface area contributed by atoms with Crippen molar-refractivity contribution in [2.45, 2.75) is 83.4 Å². The van der Waals surface area contributed by atoms with Gasteiger partial charge in [0.2, 0.25) is 11.8 Å². The quantitative estimate of drug-likeness (QED) is 0.522. The fourth-order valence-corrected chi connectivity index (χ4v) is 3.96. The average Bonchev–Trinajstić information content (AvgIpc) is 2.95. The molecule has 0 aromatic carbocycles. The third-order valence-corrected chi connectivity index (χ3v) is 9.91. The summed E-state index contributed by atoms with van der Waals surface area (Å²) in [5.74, 6) is -1.18. The number of carbonyl (C=O) groups is 1. The first-order valence-electron chi connectivity index (χ1n) is 9.22. The van der Waals surface area contributed by atoms with Crippen molar-refractivity contribution in [3.8, 4) is 0 Å². The molecule has 0 radical (unpaired) electrons. The summed E-state index contributed by atoms with van der Waals surface area (Å²) in [7, 11) is -1.97. The molecule has 0 aliphatic heterocycles. The topological polar surface area (TPSA) is 86.5 Å². The van der Waals surface area contributed by atoms with Crippen LogP contribution in [0.2, 0.25) is 18.1 Å². The molecule has 1 heterocycles. The van der Waals surface area contributed by atoms with Crippen molar-refractivity contribution >= 4 is 14.3 Å². The first-order chi connectivity index (χ1) is 12.7. The van der Waals surface area contributed by atoms with E-state index in [1.165, 1.54) is 0 Å². The van der Waals surface area contributed by atoms with Gasteiger partial charge in [0.25, 0.3) is 0 Å². The molecule has 1 saturated carbocycles. The zero-order chi connectivity index (χ0) is 21.3. The molecule has 1 aromatic rings. The number of alkyl halides is 3. The Kier molecular flexibility index (Phi) is 6.61. The summed E-state index contributed by atoms with van der Waals surface area (Å²) >= 11 is 0. The summed E-state index contributed by atoms with van der Waals surface area (Å²) in [6.07, 6.45) is -3.68. The summed E-state index contributed by atoms with van der Waals surface area (Å²) in [5, 5.41) is 8.18. The van der Waals surface area contributed by atoms with Gasteiger partial charge >= 0.3 is 12.1 Å². The van der Waals surface area contributed by atoms with E-state index in [1.54, 1.807) is 0 Å². The van der Waals surface area contributed by atoms with Crippen LogP contribution in [-0.2, 0) is 20.5 Å². The van der Waals surface area contributed by atoms with Gasteiger partial charge in [-0.3, -0.25) is 0 Å². The maximum atomic E-state index is 12.1. The summed E-state index contributed by atoms with van der Waals surface area (Å²) in [6, 6.07) is -0.306. The van der Waals surface area contributed by atoms with E-state index in [-0.39, 0.29) is 23.1 Å². The molecule has 0 unspecified atom stereocenters. The summed E-state index contributed by atoms with van der Waals surface area (Å²) in [5.41, 5.74) is 2.15. The van der Waals surface area contributed by atoms with Gasteiger partial charge in [0.15, 0.2) is 8.32 Å². The van der Waals surface area contributed by atoms with Gasteiger partial charge in [-0.25, -0.2) is 4.79 Å². The fraction of sp³-hybridized carbons (Fsp3) is 0.824. The van der Waals surface area contributed by atoms with E-state index in [1.807, 2.05) is 6.92 Å². The Bertz CT molecular complexity index is 682. The third kappa shape index (κ3) is 5.77. The lowest BCUT2D eigenvalue weighted by Gasteiger charge is -2.37. The predicted molar refractivity (Wildman–Crippen MR) is 96.5 cm³/mol. The number of hydrogen-bond acceptors (Lipinski definition) is 7. The molecule has 1 N–H and O–H groups in total. The summed E-state index contributed by atoms with van der Waals surface area (Å²) < 4.78 is 48.2. The molecule has 2 rings (SSSR count). The normalized spacial score (nSPS) is 21.9. The lowest BCUT2D eigenvalue weighted by atomic mass is 9.79. The van der Waals surface area contributed by atoms with Crippen molar-refractivity contribution < 1.29 is 31.6 Å². The van der Waals surface area contributed by atoms with E-state index in [0.717, 1.165) is 0 Å². The highest BCUT2D eigenvalue weighted by atomic mass is 28.4. The Morgan fingerprint density at radius 1 is 1.29 bits per heavy atom. The molecule has 0 amide bonds. The molecule has 7 nitrogen and oxygen atoms in total. The van der Waals surface area contributed by atoms with Crippen LogP contribution in [0.5, 0.6) is 0 Å². The predicted octanol–water partition coefficient (Wildman–Crippen LogP) is 4.08. The minimum Gasteiger partial charge on any atom is -0.422 e. The molecule has 28 heavy (non-hydrogen) atoms. The van der Waals surface area contributed by atoms with Gasteiger partial charge in [0.05, 0.1) is 0 Å². The molecule has 1 atom stereocenters. The highest BCUT2D eigenvalue weighted by Crippen LogP contribution is 2.39. The maximum Gasteiger partial charge on any atom is 0.492 e. The van der Waals surface area contributed by atoms with Crippen LogP contribution in [0.4, 0.5) is 13.2 Å². The number of nitrogens with zero attached hydrogens (tertiary/aromatic N) is 2. The lowest BCUT2D eigenvalue weighted by molar-refractivity contribution is -0.210. The Balaban J connectivity index is 1.78. The Labute approximate surface area is 163 Å². The SMILES string of the molecule is C[C@@H](O[Si](C)(C)C(C)(C)C)c1nnc(CC2CC(NOC(=O)C(F)(F)F)C2)o1. The number of hydroxylamine groups is 1. The fourth-order valence-electron chi connectivity index (χ4n) is 2.62. The zero-order valence-electron chi connectivity index (χ0n) is 17.0. The van der Waals surface area contributed by atoms with E-state index in [9.17, 15) is 18.0 Å². The molecule has 0 bridgehead atoms. The Morgan fingerprint density at radius 3 is 2.43 bits per heavy atom. The van der Waals surface area contributed by atoms with E-state index in [0.29, 0.717) is 31.0 Å². The van der Waals surface area contributed by atoms with Crippen molar-refractivity contribution in [2.75, 3.05) is 0 Å². The van der Waals surface area contributed by atoms with Gasteiger partial charge in [-0.15, -0.1) is 15.7 Å².